The fourth-order valence-electron chi connectivity index (χ4n) is 4.58. The van der Waals surface area contributed by atoms with Crippen LogP contribution in [0.5, 0.6) is 0 Å². The minimum absolute atomic E-state index is 0.0369. The third kappa shape index (κ3) is 5.54. The molecular formula is C29H32ClN3O3. The molecule has 1 atom stereocenters. The minimum atomic E-state index is -0.654. The summed E-state index contributed by atoms with van der Waals surface area (Å²) in [6.07, 6.45) is 0.705. The fourth-order valence-corrected chi connectivity index (χ4v) is 4.70. The fraction of sp³-hybridized carbons (Fsp3) is 0.345. The number of amides is 3. The Balaban J connectivity index is 1.47. The summed E-state index contributed by atoms with van der Waals surface area (Å²) in [5, 5.41) is 5.58. The maximum Gasteiger partial charge on any atom is 0.258 e. The highest BCUT2D eigenvalue weighted by Crippen LogP contribution is 2.37. The van der Waals surface area contributed by atoms with E-state index in [1.807, 2.05) is 69.3 Å². The van der Waals surface area contributed by atoms with Gasteiger partial charge in [-0.15, -0.1) is 0 Å². The first-order valence-corrected chi connectivity index (χ1v) is 12.6. The van der Waals surface area contributed by atoms with Crippen LogP contribution < -0.4 is 10.2 Å². The van der Waals surface area contributed by atoms with Gasteiger partial charge in [-0.05, 0) is 69.3 Å². The Bertz CT molecular complexity index is 1290. The summed E-state index contributed by atoms with van der Waals surface area (Å²) in [5.41, 5.74) is 2.06. The molecule has 36 heavy (non-hydrogen) atoms. The van der Waals surface area contributed by atoms with Crippen molar-refractivity contribution in [1.82, 2.24) is 10.2 Å². The molecule has 1 aliphatic heterocycles. The summed E-state index contributed by atoms with van der Waals surface area (Å²) in [5.74, 6) is -0.379. The van der Waals surface area contributed by atoms with Crippen molar-refractivity contribution in [2.75, 3.05) is 11.4 Å². The molecule has 6 nitrogen and oxygen atoms in total. The Labute approximate surface area is 217 Å². The Kier molecular flexibility index (Phi) is 7.36. The number of nitrogens with one attached hydrogen (secondary N) is 1. The van der Waals surface area contributed by atoms with Crippen LogP contribution in [0, 0.1) is 0 Å². The molecule has 1 heterocycles. The standard InChI is InChI=1S/C29H32ClN3O3/c1-19(27(35)31-29(2,3)4)33(18-20-13-15-22(30)16-14-20)25(34)12-7-17-32-24-11-6-9-21-8-5-10-23(26(21)24)28(32)36/h5-6,8-11,13-16,19H,7,12,17-18H2,1-4H3,(H,31,35)/t19-/m0/s1. The second-order valence-electron chi connectivity index (χ2n) is 10.3. The Morgan fingerprint density at radius 3 is 2.36 bits per heavy atom. The molecule has 3 amide bonds. The van der Waals surface area contributed by atoms with Crippen molar-refractivity contribution >= 4 is 45.8 Å². The van der Waals surface area contributed by atoms with Gasteiger partial charge in [-0.3, -0.25) is 14.4 Å². The van der Waals surface area contributed by atoms with Crippen LogP contribution in [0.1, 0.15) is 56.5 Å². The zero-order valence-corrected chi connectivity index (χ0v) is 21.9. The Morgan fingerprint density at radius 1 is 1.03 bits per heavy atom. The molecule has 0 fully saturated rings. The van der Waals surface area contributed by atoms with Gasteiger partial charge in [0.05, 0.1) is 5.69 Å². The number of nitrogens with zero attached hydrogens (tertiary/aromatic N) is 2. The third-order valence-corrected chi connectivity index (χ3v) is 6.61. The Morgan fingerprint density at radius 2 is 1.69 bits per heavy atom. The molecular weight excluding hydrogens is 474 g/mol. The first-order valence-electron chi connectivity index (χ1n) is 12.2. The number of halogens is 1. The van der Waals surface area contributed by atoms with E-state index in [9.17, 15) is 14.4 Å². The van der Waals surface area contributed by atoms with Crippen molar-refractivity contribution in [2.45, 2.75) is 58.7 Å². The van der Waals surface area contributed by atoms with Crippen LogP contribution in [0.25, 0.3) is 10.8 Å². The highest BCUT2D eigenvalue weighted by molar-refractivity contribution is 6.30. The van der Waals surface area contributed by atoms with Gasteiger partial charge >= 0.3 is 0 Å². The molecule has 3 aromatic rings. The average molecular weight is 506 g/mol. The Hall–Kier alpha value is -3.38. The van der Waals surface area contributed by atoms with Crippen LogP contribution in [0.3, 0.4) is 0 Å². The van der Waals surface area contributed by atoms with E-state index >= 15 is 0 Å². The summed E-state index contributed by atoms with van der Waals surface area (Å²) >= 11 is 6.02. The molecule has 3 aromatic carbocycles. The van der Waals surface area contributed by atoms with Crippen molar-refractivity contribution < 1.29 is 14.4 Å². The van der Waals surface area contributed by atoms with Crippen molar-refractivity contribution in [3.05, 3.63) is 76.8 Å². The molecule has 0 saturated carbocycles. The number of benzene rings is 3. The number of rotatable bonds is 8. The van der Waals surface area contributed by atoms with E-state index in [0.717, 1.165) is 22.0 Å². The van der Waals surface area contributed by atoms with Gasteiger partial charge in [0.1, 0.15) is 6.04 Å². The van der Waals surface area contributed by atoms with Gasteiger partial charge in [0.15, 0.2) is 0 Å². The number of hydrogen-bond acceptors (Lipinski definition) is 3. The molecule has 4 rings (SSSR count). The van der Waals surface area contributed by atoms with Gasteiger partial charge in [0, 0.05) is 41.0 Å². The molecule has 0 radical (unpaired) electrons. The van der Waals surface area contributed by atoms with Gasteiger partial charge < -0.3 is 15.1 Å². The number of hydrogen-bond donors (Lipinski definition) is 1. The monoisotopic (exact) mass is 505 g/mol. The second kappa shape index (κ2) is 10.3. The zero-order valence-electron chi connectivity index (χ0n) is 21.2. The summed E-state index contributed by atoms with van der Waals surface area (Å²) in [6.45, 7) is 8.20. The molecule has 7 heteroatoms. The summed E-state index contributed by atoms with van der Waals surface area (Å²) in [4.78, 5) is 42.7. The van der Waals surface area contributed by atoms with Gasteiger partial charge in [-0.1, -0.05) is 48.0 Å². The minimum Gasteiger partial charge on any atom is -0.350 e. The zero-order chi connectivity index (χ0) is 26.0. The van der Waals surface area contributed by atoms with E-state index in [4.69, 9.17) is 11.6 Å². The van der Waals surface area contributed by atoms with Crippen LogP contribution in [0.15, 0.2) is 60.7 Å². The second-order valence-corrected chi connectivity index (χ2v) is 10.7. The first-order chi connectivity index (χ1) is 17.0. The number of anilines is 1. The van der Waals surface area contributed by atoms with Gasteiger partial charge in [0.25, 0.3) is 5.91 Å². The van der Waals surface area contributed by atoms with Crippen LogP contribution in [-0.2, 0) is 16.1 Å². The van der Waals surface area contributed by atoms with Gasteiger partial charge in [-0.25, -0.2) is 0 Å². The van der Waals surface area contributed by atoms with Crippen LogP contribution in [0.2, 0.25) is 5.02 Å². The molecule has 0 bridgehead atoms. The topological polar surface area (TPSA) is 69.7 Å². The SMILES string of the molecule is C[C@@H](C(=O)NC(C)(C)C)N(Cc1ccc(Cl)cc1)C(=O)CCCN1C(=O)c2cccc3cccc1c23. The van der Waals surface area contributed by atoms with Crippen molar-refractivity contribution in [2.24, 2.45) is 0 Å². The quantitative estimate of drug-likeness (QED) is 0.435. The normalized spacial score (nSPS) is 13.7. The lowest BCUT2D eigenvalue weighted by molar-refractivity contribution is -0.141. The van der Waals surface area contributed by atoms with E-state index in [1.165, 1.54) is 0 Å². The highest BCUT2D eigenvalue weighted by atomic mass is 35.5. The maximum absolute atomic E-state index is 13.4. The van der Waals surface area contributed by atoms with E-state index < -0.39 is 11.6 Å². The smallest absolute Gasteiger partial charge is 0.258 e. The molecule has 188 valence electrons. The largest absolute Gasteiger partial charge is 0.350 e. The number of carbonyl (C=O) groups excluding carboxylic acids is 3. The van der Waals surface area contributed by atoms with Gasteiger partial charge in [-0.2, -0.15) is 0 Å². The summed E-state index contributed by atoms with van der Waals surface area (Å²) < 4.78 is 0. The van der Waals surface area contributed by atoms with E-state index in [-0.39, 0.29) is 24.1 Å². The summed E-state index contributed by atoms with van der Waals surface area (Å²) in [6, 6.07) is 18.3. The van der Waals surface area contributed by atoms with Crippen LogP contribution in [-0.4, -0.2) is 40.7 Å². The summed E-state index contributed by atoms with van der Waals surface area (Å²) in [7, 11) is 0. The average Bonchev–Trinajstić information content (AvgIpc) is 3.10. The van der Waals surface area contributed by atoms with Crippen LogP contribution >= 0.6 is 11.6 Å². The van der Waals surface area contributed by atoms with E-state index in [2.05, 4.69) is 5.32 Å². The third-order valence-electron chi connectivity index (χ3n) is 6.35. The lowest BCUT2D eigenvalue weighted by atomic mass is 10.1. The number of carbonyl (C=O) groups is 3. The molecule has 1 aliphatic rings. The van der Waals surface area contributed by atoms with Crippen molar-refractivity contribution in [3.63, 3.8) is 0 Å². The molecule has 0 saturated heterocycles. The molecule has 0 aliphatic carbocycles. The molecule has 0 spiro atoms. The van der Waals surface area contributed by atoms with Crippen LogP contribution in [0.4, 0.5) is 5.69 Å². The van der Waals surface area contributed by atoms with Gasteiger partial charge in [0.2, 0.25) is 11.8 Å². The predicted molar refractivity (Wildman–Crippen MR) is 144 cm³/mol. The van der Waals surface area contributed by atoms with Crippen molar-refractivity contribution in [1.29, 1.82) is 0 Å². The van der Waals surface area contributed by atoms with Crippen molar-refractivity contribution in [3.8, 4) is 0 Å². The van der Waals surface area contributed by atoms with E-state index in [1.54, 1.807) is 28.9 Å². The molecule has 1 N–H and O–H groups in total. The molecule has 0 unspecified atom stereocenters. The molecule has 0 aromatic heterocycles. The first kappa shape index (κ1) is 25.7. The predicted octanol–water partition coefficient (Wildman–Crippen LogP) is 5.57. The highest BCUT2D eigenvalue weighted by Gasteiger charge is 2.31. The lowest BCUT2D eigenvalue weighted by Gasteiger charge is -2.31. The lowest BCUT2D eigenvalue weighted by Crippen LogP contribution is -2.52. The maximum atomic E-state index is 13.4. The van der Waals surface area contributed by atoms with E-state index in [0.29, 0.717) is 30.1 Å².